The lowest BCUT2D eigenvalue weighted by Gasteiger charge is -2.18. The number of sulfonamides is 1. The lowest BCUT2D eigenvalue weighted by molar-refractivity contribution is -0.123. The molecule has 9 heteroatoms. The Morgan fingerprint density at radius 1 is 1.19 bits per heavy atom. The minimum atomic E-state index is -3.57. The van der Waals surface area contributed by atoms with Gasteiger partial charge < -0.3 is 4.42 Å². The quantitative estimate of drug-likeness (QED) is 0.614. The molecule has 0 saturated carbocycles. The van der Waals surface area contributed by atoms with E-state index in [2.05, 4.69) is 10.2 Å². The van der Waals surface area contributed by atoms with Crippen LogP contribution in [0.5, 0.6) is 0 Å². The highest BCUT2D eigenvalue weighted by atomic mass is 32.2. The molecule has 0 fully saturated rings. The first kappa shape index (κ1) is 21.6. The lowest BCUT2D eigenvalue weighted by Crippen LogP contribution is -2.30. The van der Waals surface area contributed by atoms with Gasteiger partial charge in [-0.1, -0.05) is 52.4 Å². The van der Waals surface area contributed by atoms with E-state index >= 15 is 0 Å². The first-order valence-corrected chi connectivity index (χ1v) is 11.1. The van der Waals surface area contributed by atoms with Crippen molar-refractivity contribution < 1.29 is 17.6 Å². The van der Waals surface area contributed by atoms with Crippen LogP contribution in [0.25, 0.3) is 11.5 Å². The number of carbonyl (C=O) groups excluding carboxylic acids is 1. The summed E-state index contributed by atoms with van der Waals surface area (Å²) in [5.74, 6) is 0.540. The molecule has 0 unspecified atom stereocenters. The Hall–Kier alpha value is -1.71. The Morgan fingerprint density at radius 2 is 1.85 bits per heavy atom. The van der Waals surface area contributed by atoms with Crippen molar-refractivity contribution in [3.63, 3.8) is 0 Å². The number of hydrogen-bond donors (Lipinski definition) is 0. The third-order valence-corrected chi connectivity index (χ3v) is 6.86. The SMILES string of the molecule is CCN(CC)S(=O)(=O)c1cccc(-c2nnc(SCC(=O)C(C)(C)C)o2)c1. The summed E-state index contributed by atoms with van der Waals surface area (Å²) in [7, 11) is -3.57. The summed E-state index contributed by atoms with van der Waals surface area (Å²) in [5.41, 5.74) is 0.0907. The Labute approximate surface area is 164 Å². The topological polar surface area (TPSA) is 93.4 Å². The maximum atomic E-state index is 12.7. The number of thioether (sulfide) groups is 1. The van der Waals surface area contributed by atoms with Gasteiger partial charge in [-0.15, -0.1) is 10.2 Å². The predicted molar refractivity (Wildman–Crippen MR) is 105 cm³/mol. The fraction of sp³-hybridized carbons (Fsp3) is 0.500. The number of hydrogen-bond acceptors (Lipinski definition) is 7. The van der Waals surface area contributed by atoms with Crippen molar-refractivity contribution in [1.82, 2.24) is 14.5 Å². The van der Waals surface area contributed by atoms with E-state index in [1.807, 2.05) is 20.8 Å². The van der Waals surface area contributed by atoms with Gasteiger partial charge in [-0.25, -0.2) is 8.42 Å². The maximum absolute atomic E-state index is 12.7. The molecule has 0 bridgehead atoms. The molecule has 148 valence electrons. The number of aromatic nitrogens is 2. The Kier molecular flexibility index (Phi) is 6.82. The molecule has 1 heterocycles. The molecule has 0 radical (unpaired) electrons. The predicted octanol–water partition coefficient (Wildman–Crippen LogP) is 3.47. The van der Waals surface area contributed by atoms with Gasteiger partial charge >= 0.3 is 0 Å². The fourth-order valence-electron chi connectivity index (χ4n) is 2.23. The van der Waals surface area contributed by atoms with Crippen LogP contribution in [-0.4, -0.2) is 47.5 Å². The minimum Gasteiger partial charge on any atom is -0.411 e. The van der Waals surface area contributed by atoms with Crippen LogP contribution in [0.4, 0.5) is 0 Å². The van der Waals surface area contributed by atoms with Crippen LogP contribution in [0.3, 0.4) is 0 Å². The molecule has 0 N–H and O–H groups in total. The summed E-state index contributed by atoms with van der Waals surface area (Å²) in [6.45, 7) is 9.96. The second kappa shape index (κ2) is 8.53. The zero-order chi connectivity index (χ0) is 20.2. The Morgan fingerprint density at radius 3 is 2.44 bits per heavy atom. The summed E-state index contributed by atoms with van der Waals surface area (Å²) >= 11 is 1.18. The number of Topliss-reactive ketones (excluding diaryl/α,β-unsaturated/α-hetero) is 1. The molecule has 2 rings (SSSR count). The molecule has 0 atom stereocenters. The molecular weight excluding hydrogens is 386 g/mol. The van der Waals surface area contributed by atoms with Crippen LogP contribution >= 0.6 is 11.8 Å². The molecule has 0 aliphatic heterocycles. The van der Waals surface area contributed by atoms with E-state index in [1.54, 1.807) is 32.0 Å². The van der Waals surface area contributed by atoms with Gasteiger partial charge in [-0.05, 0) is 18.2 Å². The third-order valence-electron chi connectivity index (χ3n) is 3.99. The van der Waals surface area contributed by atoms with Crippen LogP contribution in [0.15, 0.2) is 38.8 Å². The molecule has 7 nitrogen and oxygen atoms in total. The minimum absolute atomic E-state index is 0.0829. The van der Waals surface area contributed by atoms with E-state index < -0.39 is 15.4 Å². The molecule has 0 amide bonds. The van der Waals surface area contributed by atoms with Gasteiger partial charge in [-0.3, -0.25) is 4.79 Å². The molecular formula is C18H25N3O4S2. The van der Waals surface area contributed by atoms with Gasteiger partial charge in [0.1, 0.15) is 5.78 Å². The fourth-order valence-corrected chi connectivity index (χ4v) is 4.66. The van der Waals surface area contributed by atoms with E-state index in [1.165, 1.54) is 22.1 Å². The smallest absolute Gasteiger partial charge is 0.277 e. The average molecular weight is 412 g/mol. The highest BCUT2D eigenvalue weighted by molar-refractivity contribution is 7.99. The molecule has 0 spiro atoms. The largest absolute Gasteiger partial charge is 0.411 e. The summed E-state index contributed by atoms with van der Waals surface area (Å²) in [6, 6.07) is 6.43. The number of rotatable bonds is 8. The van der Waals surface area contributed by atoms with Crippen molar-refractivity contribution >= 4 is 27.6 Å². The van der Waals surface area contributed by atoms with Crippen molar-refractivity contribution in [1.29, 1.82) is 0 Å². The normalized spacial score (nSPS) is 12.5. The Balaban J connectivity index is 2.21. The number of nitrogens with zero attached hydrogens (tertiary/aromatic N) is 3. The molecule has 1 aromatic carbocycles. The monoisotopic (exact) mass is 411 g/mol. The lowest BCUT2D eigenvalue weighted by atomic mass is 9.92. The van der Waals surface area contributed by atoms with Gasteiger partial charge in [-0.2, -0.15) is 4.31 Å². The van der Waals surface area contributed by atoms with E-state index in [-0.39, 0.29) is 27.5 Å². The zero-order valence-electron chi connectivity index (χ0n) is 16.2. The average Bonchev–Trinajstić information content (AvgIpc) is 3.09. The second-order valence-electron chi connectivity index (χ2n) is 6.95. The van der Waals surface area contributed by atoms with Crippen molar-refractivity contribution in [3.05, 3.63) is 24.3 Å². The molecule has 0 aliphatic carbocycles. The number of benzene rings is 1. The van der Waals surface area contributed by atoms with Crippen molar-refractivity contribution in [2.75, 3.05) is 18.8 Å². The summed E-state index contributed by atoms with van der Waals surface area (Å²) in [6.07, 6.45) is 0. The zero-order valence-corrected chi connectivity index (χ0v) is 17.9. The first-order chi connectivity index (χ1) is 12.6. The van der Waals surface area contributed by atoms with E-state index in [0.29, 0.717) is 18.7 Å². The van der Waals surface area contributed by atoms with E-state index in [4.69, 9.17) is 4.42 Å². The molecule has 0 aliphatic rings. The van der Waals surface area contributed by atoms with Crippen molar-refractivity contribution in [3.8, 4) is 11.5 Å². The second-order valence-corrected chi connectivity index (χ2v) is 9.82. The van der Waals surface area contributed by atoms with Crippen LogP contribution < -0.4 is 0 Å². The van der Waals surface area contributed by atoms with Gasteiger partial charge in [0, 0.05) is 24.1 Å². The van der Waals surface area contributed by atoms with Crippen molar-refractivity contribution in [2.45, 2.75) is 44.7 Å². The molecule has 2 aromatic rings. The maximum Gasteiger partial charge on any atom is 0.277 e. The van der Waals surface area contributed by atoms with Crippen molar-refractivity contribution in [2.24, 2.45) is 5.41 Å². The van der Waals surface area contributed by atoms with Gasteiger partial charge in [0.05, 0.1) is 10.6 Å². The third kappa shape index (κ3) is 5.18. The van der Waals surface area contributed by atoms with Crippen LogP contribution in [0.2, 0.25) is 0 Å². The van der Waals surface area contributed by atoms with Gasteiger partial charge in [0.15, 0.2) is 0 Å². The van der Waals surface area contributed by atoms with Gasteiger partial charge in [0.2, 0.25) is 15.9 Å². The highest BCUT2D eigenvalue weighted by Gasteiger charge is 2.24. The van der Waals surface area contributed by atoms with Gasteiger partial charge in [0.25, 0.3) is 5.22 Å². The highest BCUT2D eigenvalue weighted by Crippen LogP contribution is 2.27. The molecule has 27 heavy (non-hydrogen) atoms. The van der Waals surface area contributed by atoms with Crippen LogP contribution in [0.1, 0.15) is 34.6 Å². The van der Waals surface area contributed by atoms with Crippen LogP contribution in [-0.2, 0) is 14.8 Å². The standard InChI is InChI=1S/C18H25N3O4S2/c1-6-21(7-2)27(23,24)14-10-8-9-13(11-14)16-19-20-17(25-16)26-12-15(22)18(3,4)5/h8-11H,6-7,12H2,1-5H3. The summed E-state index contributed by atoms with van der Waals surface area (Å²) in [5, 5.41) is 8.20. The van der Waals surface area contributed by atoms with E-state index in [0.717, 1.165) is 0 Å². The number of ketones is 1. The summed E-state index contributed by atoms with van der Waals surface area (Å²) < 4.78 is 32.3. The molecule has 0 saturated heterocycles. The van der Waals surface area contributed by atoms with Crippen LogP contribution in [0, 0.1) is 5.41 Å². The van der Waals surface area contributed by atoms with E-state index in [9.17, 15) is 13.2 Å². The number of carbonyl (C=O) groups is 1. The Bertz CT molecular complexity index is 897. The summed E-state index contributed by atoms with van der Waals surface area (Å²) in [4.78, 5) is 12.2. The molecule has 1 aromatic heterocycles. The first-order valence-electron chi connectivity index (χ1n) is 8.69.